The zero-order valence-corrected chi connectivity index (χ0v) is 15.3. The van der Waals surface area contributed by atoms with Gasteiger partial charge in [0.15, 0.2) is 0 Å². The molecule has 0 unspecified atom stereocenters. The molecule has 2 rings (SSSR count). The van der Waals surface area contributed by atoms with Gasteiger partial charge in [-0.2, -0.15) is 0 Å². The summed E-state index contributed by atoms with van der Waals surface area (Å²) in [6.45, 7) is 7.61. The van der Waals surface area contributed by atoms with E-state index in [-0.39, 0.29) is 5.91 Å². The molecular weight excluding hydrogens is 320 g/mol. The van der Waals surface area contributed by atoms with Crippen molar-refractivity contribution < 1.29 is 19.0 Å². The van der Waals surface area contributed by atoms with E-state index in [1.807, 2.05) is 32.0 Å². The van der Waals surface area contributed by atoms with Crippen LogP contribution in [-0.4, -0.2) is 45.5 Å². The lowest BCUT2D eigenvalue weighted by Gasteiger charge is -2.34. The van der Waals surface area contributed by atoms with Gasteiger partial charge in [-0.05, 0) is 38.3 Å². The zero-order valence-electron chi connectivity index (χ0n) is 15.3. The SMILES string of the molecule is CCOCCOc1cc(C)ccc1CNC(=O)C1(CN)CCOCC1. The summed E-state index contributed by atoms with van der Waals surface area (Å²) < 4.78 is 16.5. The highest BCUT2D eigenvalue weighted by molar-refractivity contribution is 5.83. The van der Waals surface area contributed by atoms with Gasteiger partial charge < -0.3 is 25.3 Å². The molecular formula is C19H30N2O4. The van der Waals surface area contributed by atoms with Crippen LogP contribution in [0, 0.1) is 12.3 Å². The predicted molar refractivity (Wildman–Crippen MR) is 96.6 cm³/mol. The molecule has 140 valence electrons. The Morgan fingerprint density at radius 2 is 2.08 bits per heavy atom. The largest absolute Gasteiger partial charge is 0.491 e. The first-order valence-corrected chi connectivity index (χ1v) is 8.97. The van der Waals surface area contributed by atoms with Crippen LogP contribution in [0.1, 0.15) is 30.9 Å². The van der Waals surface area contributed by atoms with Crippen molar-refractivity contribution in [1.82, 2.24) is 5.32 Å². The van der Waals surface area contributed by atoms with Crippen LogP contribution < -0.4 is 15.8 Å². The minimum Gasteiger partial charge on any atom is -0.491 e. The minimum absolute atomic E-state index is 0.000795. The lowest BCUT2D eigenvalue weighted by atomic mass is 9.79. The lowest BCUT2D eigenvalue weighted by Crippen LogP contribution is -2.49. The van der Waals surface area contributed by atoms with Crippen LogP contribution in [0.15, 0.2) is 18.2 Å². The van der Waals surface area contributed by atoms with Crippen molar-refractivity contribution in [3.8, 4) is 5.75 Å². The number of ether oxygens (including phenoxy) is 3. The molecule has 1 aromatic carbocycles. The first-order valence-electron chi connectivity index (χ1n) is 8.97. The average Bonchev–Trinajstić information content (AvgIpc) is 2.64. The van der Waals surface area contributed by atoms with Gasteiger partial charge in [-0.1, -0.05) is 12.1 Å². The van der Waals surface area contributed by atoms with Gasteiger partial charge in [-0.25, -0.2) is 0 Å². The standard InChI is InChI=1S/C19H30N2O4/c1-3-23-10-11-25-17-12-15(2)4-5-16(17)13-21-18(22)19(14-20)6-8-24-9-7-19/h4-5,12H,3,6-11,13-14,20H2,1-2H3,(H,21,22). The molecule has 0 atom stereocenters. The molecule has 1 aromatic rings. The number of hydrogen-bond acceptors (Lipinski definition) is 5. The van der Waals surface area contributed by atoms with Gasteiger partial charge in [0.2, 0.25) is 5.91 Å². The summed E-state index contributed by atoms with van der Waals surface area (Å²) in [5, 5.41) is 3.04. The topological polar surface area (TPSA) is 82.8 Å². The molecule has 25 heavy (non-hydrogen) atoms. The van der Waals surface area contributed by atoms with Crippen molar-refractivity contribution in [2.24, 2.45) is 11.1 Å². The van der Waals surface area contributed by atoms with E-state index in [1.165, 1.54) is 0 Å². The molecule has 6 nitrogen and oxygen atoms in total. The van der Waals surface area contributed by atoms with Crippen LogP contribution in [0.25, 0.3) is 0 Å². The van der Waals surface area contributed by atoms with Crippen molar-refractivity contribution >= 4 is 5.91 Å². The molecule has 1 aliphatic rings. The van der Waals surface area contributed by atoms with E-state index in [0.717, 1.165) is 16.9 Å². The van der Waals surface area contributed by atoms with Crippen LogP contribution in [0.5, 0.6) is 5.75 Å². The number of hydrogen-bond donors (Lipinski definition) is 2. The summed E-state index contributed by atoms with van der Waals surface area (Å²) in [4.78, 5) is 12.7. The number of carbonyl (C=O) groups excluding carboxylic acids is 1. The Morgan fingerprint density at radius 3 is 2.76 bits per heavy atom. The lowest BCUT2D eigenvalue weighted by molar-refractivity contribution is -0.136. The number of benzene rings is 1. The van der Waals surface area contributed by atoms with Gasteiger partial charge in [0.1, 0.15) is 12.4 Å². The second-order valence-electron chi connectivity index (χ2n) is 6.44. The summed E-state index contributed by atoms with van der Waals surface area (Å²) in [6.07, 6.45) is 1.34. The van der Waals surface area contributed by atoms with Gasteiger partial charge in [0, 0.05) is 38.5 Å². The molecule has 3 N–H and O–H groups in total. The van der Waals surface area contributed by atoms with Crippen molar-refractivity contribution in [1.29, 1.82) is 0 Å². The molecule has 0 bridgehead atoms. The number of rotatable bonds is 9. The number of carbonyl (C=O) groups is 1. The van der Waals surface area contributed by atoms with Crippen molar-refractivity contribution in [2.75, 3.05) is 39.6 Å². The van der Waals surface area contributed by atoms with Gasteiger partial charge in [-0.15, -0.1) is 0 Å². The summed E-state index contributed by atoms with van der Waals surface area (Å²) in [5.74, 6) is 0.785. The number of aryl methyl sites for hydroxylation is 1. The van der Waals surface area contributed by atoms with Crippen molar-refractivity contribution in [2.45, 2.75) is 33.2 Å². The number of nitrogens with one attached hydrogen (secondary N) is 1. The fourth-order valence-corrected chi connectivity index (χ4v) is 2.95. The third-order valence-corrected chi connectivity index (χ3v) is 4.67. The first-order chi connectivity index (χ1) is 12.1. The van der Waals surface area contributed by atoms with Crippen molar-refractivity contribution in [3.05, 3.63) is 29.3 Å². The average molecular weight is 350 g/mol. The molecule has 0 spiro atoms. The Bertz CT molecular complexity index is 556. The van der Waals surface area contributed by atoms with E-state index < -0.39 is 5.41 Å². The Hall–Kier alpha value is -1.63. The minimum atomic E-state index is -0.515. The molecule has 0 aliphatic carbocycles. The predicted octanol–water partition coefficient (Wildman–Crippen LogP) is 1.78. The molecule has 1 aliphatic heterocycles. The molecule has 1 saturated heterocycles. The Morgan fingerprint density at radius 1 is 1.32 bits per heavy atom. The van der Waals surface area contributed by atoms with E-state index in [9.17, 15) is 4.79 Å². The third-order valence-electron chi connectivity index (χ3n) is 4.67. The third kappa shape index (κ3) is 5.42. The fourth-order valence-electron chi connectivity index (χ4n) is 2.95. The molecule has 6 heteroatoms. The Balaban J connectivity index is 1.98. The van der Waals surface area contributed by atoms with Gasteiger partial charge in [-0.3, -0.25) is 4.79 Å². The Kier molecular flexibility index (Phi) is 7.68. The maximum absolute atomic E-state index is 12.7. The quantitative estimate of drug-likeness (QED) is 0.664. The Labute approximate surface area is 150 Å². The highest BCUT2D eigenvalue weighted by Gasteiger charge is 2.38. The van der Waals surface area contributed by atoms with Crippen LogP contribution in [0.3, 0.4) is 0 Å². The maximum Gasteiger partial charge on any atom is 0.227 e. The van der Waals surface area contributed by atoms with E-state index in [4.69, 9.17) is 19.9 Å². The number of nitrogens with two attached hydrogens (primary N) is 1. The molecule has 0 radical (unpaired) electrons. The van der Waals surface area contributed by atoms with E-state index in [1.54, 1.807) is 0 Å². The van der Waals surface area contributed by atoms with Crippen molar-refractivity contribution in [3.63, 3.8) is 0 Å². The molecule has 1 amide bonds. The van der Waals surface area contributed by atoms with E-state index in [2.05, 4.69) is 5.32 Å². The highest BCUT2D eigenvalue weighted by atomic mass is 16.5. The monoisotopic (exact) mass is 350 g/mol. The summed E-state index contributed by atoms with van der Waals surface area (Å²) >= 11 is 0. The highest BCUT2D eigenvalue weighted by Crippen LogP contribution is 2.30. The fraction of sp³-hybridized carbons (Fsp3) is 0.632. The van der Waals surface area contributed by atoms with Crippen LogP contribution in [0.4, 0.5) is 0 Å². The van der Waals surface area contributed by atoms with Crippen LogP contribution in [-0.2, 0) is 20.8 Å². The maximum atomic E-state index is 12.7. The van der Waals surface area contributed by atoms with Crippen LogP contribution >= 0.6 is 0 Å². The second kappa shape index (κ2) is 9.75. The molecule has 1 fully saturated rings. The number of amides is 1. The first kappa shape index (κ1) is 19.7. The van der Waals surface area contributed by atoms with Gasteiger partial charge in [0.05, 0.1) is 12.0 Å². The smallest absolute Gasteiger partial charge is 0.227 e. The van der Waals surface area contributed by atoms with Gasteiger partial charge in [0.25, 0.3) is 0 Å². The summed E-state index contributed by atoms with van der Waals surface area (Å²) in [5.41, 5.74) is 7.45. The van der Waals surface area contributed by atoms with Gasteiger partial charge >= 0.3 is 0 Å². The van der Waals surface area contributed by atoms with E-state index >= 15 is 0 Å². The normalized spacial score (nSPS) is 16.4. The summed E-state index contributed by atoms with van der Waals surface area (Å²) in [7, 11) is 0. The zero-order chi connectivity index (χ0) is 18.1. The van der Waals surface area contributed by atoms with Crippen LogP contribution in [0.2, 0.25) is 0 Å². The summed E-state index contributed by atoms with van der Waals surface area (Å²) in [6, 6.07) is 6.00. The molecule has 0 aromatic heterocycles. The van der Waals surface area contributed by atoms with E-state index in [0.29, 0.717) is 59.0 Å². The molecule has 0 saturated carbocycles. The second-order valence-corrected chi connectivity index (χ2v) is 6.44. The molecule has 1 heterocycles.